The first kappa shape index (κ1) is 13.6. The first-order valence-corrected chi connectivity index (χ1v) is 7.14. The molecule has 0 aromatic carbocycles. The van der Waals surface area contributed by atoms with Crippen molar-refractivity contribution in [2.75, 3.05) is 13.1 Å². The summed E-state index contributed by atoms with van der Waals surface area (Å²) in [5.41, 5.74) is 7.66. The molecular formula is C14H26N4. The topological polar surface area (TPSA) is 47.1 Å². The number of nitrogens with zero attached hydrogens (tertiary/aromatic N) is 3. The first-order valence-electron chi connectivity index (χ1n) is 7.14. The summed E-state index contributed by atoms with van der Waals surface area (Å²) in [5, 5.41) is 4.39. The monoisotopic (exact) mass is 250 g/mol. The summed E-state index contributed by atoms with van der Waals surface area (Å²) in [6.07, 6.45) is 4.23. The van der Waals surface area contributed by atoms with E-state index in [0.29, 0.717) is 12.0 Å². The van der Waals surface area contributed by atoms with Crippen molar-refractivity contribution < 1.29 is 0 Å². The SMILES string of the molecule is CCn1nccc1C1C(N)CCCN1CC(C)C. The molecule has 2 unspecified atom stereocenters. The zero-order valence-electron chi connectivity index (χ0n) is 11.8. The van der Waals surface area contributed by atoms with Crippen LogP contribution < -0.4 is 5.73 Å². The van der Waals surface area contributed by atoms with E-state index in [0.717, 1.165) is 26.1 Å². The third kappa shape index (κ3) is 2.75. The second-order valence-corrected chi connectivity index (χ2v) is 5.71. The Morgan fingerprint density at radius 1 is 1.50 bits per heavy atom. The Kier molecular flexibility index (Phi) is 4.40. The highest BCUT2D eigenvalue weighted by Gasteiger charge is 2.32. The maximum Gasteiger partial charge on any atom is 0.0670 e. The van der Waals surface area contributed by atoms with E-state index in [1.807, 2.05) is 6.20 Å². The predicted octanol–water partition coefficient (Wildman–Crippen LogP) is 2.02. The van der Waals surface area contributed by atoms with Crippen LogP contribution in [0.2, 0.25) is 0 Å². The lowest BCUT2D eigenvalue weighted by Gasteiger charge is -2.40. The molecule has 1 aliphatic rings. The lowest BCUT2D eigenvalue weighted by molar-refractivity contribution is 0.107. The van der Waals surface area contributed by atoms with Gasteiger partial charge in [-0.1, -0.05) is 13.8 Å². The number of hydrogen-bond acceptors (Lipinski definition) is 3. The Balaban J connectivity index is 2.24. The average Bonchev–Trinajstić information content (AvgIpc) is 2.76. The van der Waals surface area contributed by atoms with Crippen LogP contribution in [0.1, 0.15) is 45.3 Å². The van der Waals surface area contributed by atoms with Gasteiger partial charge in [0.05, 0.1) is 11.7 Å². The van der Waals surface area contributed by atoms with Gasteiger partial charge >= 0.3 is 0 Å². The fraction of sp³-hybridized carbons (Fsp3) is 0.786. The molecule has 1 fully saturated rings. The molecule has 1 aliphatic heterocycles. The molecule has 4 heteroatoms. The van der Waals surface area contributed by atoms with E-state index in [4.69, 9.17) is 5.73 Å². The first-order chi connectivity index (χ1) is 8.63. The van der Waals surface area contributed by atoms with Gasteiger partial charge in [0.1, 0.15) is 0 Å². The lowest BCUT2D eigenvalue weighted by Crippen LogP contribution is -2.47. The van der Waals surface area contributed by atoms with E-state index in [-0.39, 0.29) is 6.04 Å². The Morgan fingerprint density at radius 2 is 2.28 bits per heavy atom. The van der Waals surface area contributed by atoms with Gasteiger partial charge in [0.2, 0.25) is 0 Å². The van der Waals surface area contributed by atoms with E-state index < -0.39 is 0 Å². The van der Waals surface area contributed by atoms with Crippen molar-refractivity contribution in [3.63, 3.8) is 0 Å². The molecular weight excluding hydrogens is 224 g/mol. The smallest absolute Gasteiger partial charge is 0.0670 e. The van der Waals surface area contributed by atoms with E-state index in [2.05, 4.69) is 41.5 Å². The summed E-state index contributed by atoms with van der Waals surface area (Å²) < 4.78 is 2.09. The normalized spacial score (nSPS) is 25.8. The van der Waals surface area contributed by atoms with E-state index in [1.165, 1.54) is 12.1 Å². The highest BCUT2D eigenvalue weighted by atomic mass is 15.3. The molecule has 0 bridgehead atoms. The van der Waals surface area contributed by atoms with Gasteiger partial charge in [-0.25, -0.2) is 0 Å². The van der Waals surface area contributed by atoms with Crippen molar-refractivity contribution in [1.29, 1.82) is 0 Å². The van der Waals surface area contributed by atoms with Crippen LogP contribution >= 0.6 is 0 Å². The van der Waals surface area contributed by atoms with Gasteiger partial charge in [-0.05, 0) is 38.3 Å². The fourth-order valence-corrected chi connectivity index (χ4v) is 3.04. The Morgan fingerprint density at radius 3 is 2.94 bits per heavy atom. The summed E-state index contributed by atoms with van der Waals surface area (Å²) in [6.45, 7) is 9.88. The third-order valence-corrected chi connectivity index (χ3v) is 3.73. The van der Waals surface area contributed by atoms with Crippen molar-refractivity contribution >= 4 is 0 Å². The van der Waals surface area contributed by atoms with Crippen molar-refractivity contribution in [3.05, 3.63) is 18.0 Å². The van der Waals surface area contributed by atoms with Crippen LogP contribution in [0.25, 0.3) is 0 Å². The molecule has 102 valence electrons. The quantitative estimate of drug-likeness (QED) is 0.889. The second kappa shape index (κ2) is 5.85. The van der Waals surface area contributed by atoms with Gasteiger partial charge in [0.15, 0.2) is 0 Å². The van der Waals surface area contributed by atoms with Crippen molar-refractivity contribution in [3.8, 4) is 0 Å². The van der Waals surface area contributed by atoms with E-state index in [9.17, 15) is 0 Å². The van der Waals surface area contributed by atoms with Crippen LogP contribution in [0, 0.1) is 5.92 Å². The number of nitrogens with two attached hydrogens (primary N) is 1. The number of piperidine rings is 1. The van der Waals surface area contributed by atoms with Gasteiger partial charge < -0.3 is 5.73 Å². The highest BCUT2D eigenvalue weighted by molar-refractivity contribution is 5.12. The Labute approximate surface area is 110 Å². The van der Waals surface area contributed by atoms with Gasteiger partial charge in [0.25, 0.3) is 0 Å². The predicted molar refractivity (Wildman–Crippen MR) is 74.3 cm³/mol. The molecule has 0 radical (unpaired) electrons. The molecule has 0 saturated carbocycles. The zero-order valence-corrected chi connectivity index (χ0v) is 11.8. The van der Waals surface area contributed by atoms with E-state index in [1.54, 1.807) is 0 Å². The molecule has 1 saturated heterocycles. The summed E-state index contributed by atoms with van der Waals surface area (Å²) in [5.74, 6) is 0.677. The molecule has 0 spiro atoms. The minimum absolute atomic E-state index is 0.236. The summed E-state index contributed by atoms with van der Waals surface area (Å²) >= 11 is 0. The molecule has 2 rings (SSSR count). The third-order valence-electron chi connectivity index (χ3n) is 3.73. The highest BCUT2D eigenvalue weighted by Crippen LogP contribution is 2.30. The molecule has 4 nitrogen and oxygen atoms in total. The van der Waals surface area contributed by atoms with Crippen LogP contribution in [-0.4, -0.2) is 33.8 Å². The fourth-order valence-electron chi connectivity index (χ4n) is 3.04. The summed E-state index contributed by atoms with van der Waals surface area (Å²) in [4.78, 5) is 2.54. The Hall–Kier alpha value is -0.870. The number of aryl methyl sites for hydroxylation is 1. The molecule has 0 aliphatic carbocycles. The van der Waals surface area contributed by atoms with Crippen LogP contribution in [0.15, 0.2) is 12.3 Å². The van der Waals surface area contributed by atoms with Gasteiger partial charge in [0, 0.05) is 25.3 Å². The maximum absolute atomic E-state index is 6.38. The average molecular weight is 250 g/mol. The molecule has 1 aromatic rings. The van der Waals surface area contributed by atoms with Gasteiger partial charge in [-0.2, -0.15) is 5.10 Å². The van der Waals surface area contributed by atoms with Gasteiger partial charge in [-0.15, -0.1) is 0 Å². The minimum Gasteiger partial charge on any atom is -0.326 e. The van der Waals surface area contributed by atoms with Crippen LogP contribution in [-0.2, 0) is 6.54 Å². The Bertz CT molecular complexity index is 372. The van der Waals surface area contributed by atoms with Gasteiger partial charge in [-0.3, -0.25) is 9.58 Å². The number of hydrogen-bond donors (Lipinski definition) is 1. The van der Waals surface area contributed by atoms with Crippen LogP contribution in [0.5, 0.6) is 0 Å². The van der Waals surface area contributed by atoms with Crippen molar-refractivity contribution in [1.82, 2.24) is 14.7 Å². The van der Waals surface area contributed by atoms with Crippen molar-refractivity contribution in [2.45, 2.75) is 52.2 Å². The van der Waals surface area contributed by atoms with Crippen LogP contribution in [0.3, 0.4) is 0 Å². The largest absolute Gasteiger partial charge is 0.326 e. The molecule has 0 amide bonds. The van der Waals surface area contributed by atoms with Crippen molar-refractivity contribution in [2.24, 2.45) is 11.7 Å². The lowest BCUT2D eigenvalue weighted by atomic mass is 9.93. The number of likely N-dealkylation sites (tertiary alicyclic amines) is 1. The van der Waals surface area contributed by atoms with Crippen LogP contribution in [0.4, 0.5) is 0 Å². The second-order valence-electron chi connectivity index (χ2n) is 5.71. The summed E-state index contributed by atoms with van der Waals surface area (Å²) in [6, 6.07) is 2.70. The zero-order chi connectivity index (χ0) is 13.1. The maximum atomic E-state index is 6.38. The molecule has 1 aromatic heterocycles. The number of aromatic nitrogens is 2. The molecule has 2 N–H and O–H groups in total. The minimum atomic E-state index is 0.236. The van der Waals surface area contributed by atoms with E-state index >= 15 is 0 Å². The molecule has 2 atom stereocenters. The number of rotatable bonds is 4. The summed E-state index contributed by atoms with van der Waals surface area (Å²) in [7, 11) is 0. The molecule has 2 heterocycles. The standard InChI is InChI=1S/C14H26N4/c1-4-18-13(7-8-16-18)14-12(15)6-5-9-17(14)10-11(2)3/h7-8,11-12,14H,4-6,9-10,15H2,1-3H3. The molecule has 18 heavy (non-hydrogen) atoms.